The fourth-order valence-electron chi connectivity index (χ4n) is 3.22. The molecule has 0 aromatic heterocycles. The van der Waals surface area contributed by atoms with Gasteiger partial charge in [0.25, 0.3) is 0 Å². The van der Waals surface area contributed by atoms with Crippen molar-refractivity contribution in [1.29, 1.82) is 0 Å². The molecule has 0 saturated carbocycles. The Morgan fingerprint density at radius 1 is 1.14 bits per heavy atom. The Morgan fingerprint density at radius 2 is 1.71 bits per heavy atom. The summed E-state index contributed by atoms with van der Waals surface area (Å²) in [7, 11) is 2.08. The maximum absolute atomic E-state index is 3.40. The molecule has 21 heavy (non-hydrogen) atoms. The van der Waals surface area contributed by atoms with E-state index in [0.717, 1.165) is 12.5 Å². The summed E-state index contributed by atoms with van der Waals surface area (Å²) < 4.78 is 0. The summed E-state index contributed by atoms with van der Waals surface area (Å²) in [5.41, 5.74) is 3.12. The van der Waals surface area contributed by atoms with Crippen molar-refractivity contribution in [2.24, 2.45) is 5.92 Å². The van der Waals surface area contributed by atoms with Crippen molar-refractivity contribution in [3.05, 3.63) is 35.4 Å². The van der Waals surface area contributed by atoms with Crippen molar-refractivity contribution in [2.45, 2.75) is 58.5 Å². The summed E-state index contributed by atoms with van der Waals surface area (Å²) in [4.78, 5) is 2.60. The SMILES string of the molecule is CNC(C)C1CCN(Cc2ccc(C(C)(C)C)cc2)CC1. The molecule has 118 valence electrons. The minimum absolute atomic E-state index is 0.250. The molecule has 2 rings (SSSR count). The second-order valence-corrected chi connectivity index (χ2v) is 7.64. The molecule has 1 unspecified atom stereocenters. The maximum Gasteiger partial charge on any atom is 0.0233 e. The third kappa shape index (κ3) is 4.55. The lowest BCUT2D eigenvalue weighted by molar-refractivity contribution is 0.159. The number of nitrogens with zero attached hydrogens (tertiary/aromatic N) is 1. The molecule has 0 aliphatic carbocycles. The van der Waals surface area contributed by atoms with E-state index in [2.05, 4.69) is 69.2 Å². The van der Waals surface area contributed by atoms with E-state index < -0.39 is 0 Å². The van der Waals surface area contributed by atoms with E-state index in [1.807, 2.05) is 0 Å². The zero-order chi connectivity index (χ0) is 15.5. The maximum atomic E-state index is 3.40. The van der Waals surface area contributed by atoms with E-state index in [1.54, 1.807) is 0 Å². The topological polar surface area (TPSA) is 15.3 Å². The first-order chi connectivity index (χ1) is 9.90. The molecule has 2 heteroatoms. The van der Waals surface area contributed by atoms with Gasteiger partial charge < -0.3 is 5.32 Å². The Morgan fingerprint density at radius 3 is 2.19 bits per heavy atom. The monoisotopic (exact) mass is 288 g/mol. The van der Waals surface area contributed by atoms with Crippen molar-refractivity contribution < 1.29 is 0 Å². The van der Waals surface area contributed by atoms with Gasteiger partial charge in [0.2, 0.25) is 0 Å². The molecule has 1 aromatic rings. The number of rotatable bonds is 4. The van der Waals surface area contributed by atoms with Gasteiger partial charge in [0.1, 0.15) is 0 Å². The number of benzene rings is 1. The highest BCUT2D eigenvalue weighted by Crippen LogP contribution is 2.24. The smallest absolute Gasteiger partial charge is 0.0233 e. The summed E-state index contributed by atoms with van der Waals surface area (Å²) in [6, 6.07) is 9.86. The Labute approximate surface area is 130 Å². The normalized spacial score (nSPS) is 19.7. The summed E-state index contributed by atoms with van der Waals surface area (Å²) in [6.07, 6.45) is 2.64. The number of hydrogen-bond acceptors (Lipinski definition) is 2. The van der Waals surface area contributed by atoms with E-state index in [-0.39, 0.29) is 5.41 Å². The van der Waals surface area contributed by atoms with E-state index in [4.69, 9.17) is 0 Å². The Kier molecular flexibility index (Phi) is 5.45. The van der Waals surface area contributed by atoms with Gasteiger partial charge in [-0.05, 0) is 62.4 Å². The van der Waals surface area contributed by atoms with Crippen LogP contribution in [0, 0.1) is 5.92 Å². The predicted molar refractivity (Wildman–Crippen MR) is 91.7 cm³/mol. The molecular formula is C19H32N2. The lowest BCUT2D eigenvalue weighted by atomic mass is 9.86. The lowest BCUT2D eigenvalue weighted by Crippen LogP contribution is -2.40. The van der Waals surface area contributed by atoms with E-state index in [9.17, 15) is 0 Å². The van der Waals surface area contributed by atoms with Crippen molar-refractivity contribution in [3.8, 4) is 0 Å². The molecule has 1 heterocycles. The van der Waals surface area contributed by atoms with Gasteiger partial charge in [-0.25, -0.2) is 0 Å². The van der Waals surface area contributed by atoms with Crippen LogP contribution >= 0.6 is 0 Å². The number of piperidine rings is 1. The van der Waals surface area contributed by atoms with E-state index >= 15 is 0 Å². The summed E-state index contributed by atoms with van der Waals surface area (Å²) in [5, 5.41) is 3.40. The van der Waals surface area contributed by atoms with Crippen LogP contribution in [0.4, 0.5) is 0 Å². The van der Waals surface area contributed by atoms with E-state index in [1.165, 1.54) is 37.1 Å². The van der Waals surface area contributed by atoms with Crippen LogP contribution in [0.1, 0.15) is 51.7 Å². The first-order valence-electron chi connectivity index (χ1n) is 8.39. The van der Waals surface area contributed by atoms with Gasteiger partial charge in [-0.3, -0.25) is 4.90 Å². The van der Waals surface area contributed by atoms with Crippen LogP contribution in [-0.2, 0) is 12.0 Å². The van der Waals surface area contributed by atoms with Gasteiger partial charge in [0, 0.05) is 12.6 Å². The molecule has 1 saturated heterocycles. The van der Waals surface area contributed by atoms with Crippen LogP contribution in [0.2, 0.25) is 0 Å². The second kappa shape index (κ2) is 6.93. The minimum Gasteiger partial charge on any atom is -0.317 e. The van der Waals surface area contributed by atoms with Crippen LogP contribution in [-0.4, -0.2) is 31.1 Å². The number of likely N-dealkylation sites (tertiary alicyclic amines) is 1. The van der Waals surface area contributed by atoms with Crippen molar-refractivity contribution in [2.75, 3.05) is 20.1 Å². The third-order valence-electron chi connectivity index (χ3n) is 5.02. The average molecular weight is 288 g/mol. The highest BCUT2D eigenvalue weighted by atomic mass is 15.1. The van der Waals surface area contributed by atoms with Gasteiger partial charge in [-0.15, -0.1) is 0 Å². The van der Waals surface area contributed by atoms with Crippen molar-refractivity contribution in [3.63, 3.8) is 0 Å². The standard InChI is InChI=1S/C19H32N2/c1-15(20-5)17-10-12-21(13-11-17)14-16-6-8-18(9-7-16)19(2,3)4/h6-9,15,17,20H,10-14H2,1-5H3. The Bertz CT molecular complexity index is 422. The van der Waals surface area contributed by atoms with Gasteiger partial charge in [-0.2, -0.15) is 0 Å². The highest BCUT2D eigenvalue weighted by molar-refractivity contribution is 5.27. The second-order valence-electron chi connectivity index (χ2n) is 7.64. The molecule has 0 radical (unpaired) electrons. The number of nitrogens with one attached hydrogen (secondary N) is 1. The first kappa shape index (κ1) is 16.5. The molecule has 0 bridgehead atoms. The molecular weight excluding hydrogens is 256 g/mol. The fourth-order valence-corrected chi connectivity index (χ4v) is 3.22. The molecule has 0 amide bonds. The third-order valence-corrected chi connectivity index (χ3v) is 5.02. The first-order valence-corrected chi connectivity index (χ1v) is 8.39. The van der Waals surface area contributed by atoms with Crippen LogP contribution in [0.3, 0.4) is 0 Å². The zero-order valence-electron chi connectivity index (χ0n) is 14.4. The van der Waals surface area contributed by atoms with Crippen LogP contribution < -0.4 is 5.32 Å². The zero-order valence-corrected chi connectivity index (χ0v) is 14.4. The van der Waals surface area contributed by atoms with Gasteiger partial charge >= 0.3 is 0 Å². The Balaban J connectivity index is 1.86. The molecule has 2 nitrogen and oxygen atoms in total. The molecule has 1 fully saturated rings. The summed E-state index contributed by atoms with van der Waals surface area (Å²) in [5.74, 6) is 0.842. The summed E-state index contributed by atoms with van der Waals surface area (Å²) in [6.45, 7) is 12.7. The van der Waals surface area contributed by atoms with Crippen LogP contribution in [0.15, 0.2) is 24.3 Å². The minimum atomic E-state index is 0.250. The highest BCUT2D eigenvalue weighted by Gasteiger charge is 2.23. The fraction of sp³-hybridized carbons (Fsp3) is 0.684. The van der Waals surface area contributed by atoms with Gasteiger partial charge in [0.15, 0.2) is 0 Å². The molecule has 0 spiro atoms. The quantitative estimate of drug-likeness (QED) is 0.906. The van der Waals surface area contributed by atoms with Gasteiger partial charge in [-0.1, -0.05) is 45.0 Å². The number of hydrogen-bond donors (Lipinski definition) is 1. The van der Waals surface area contributed by atoms with Crippen molar-refractivity contribution >= 4 is 0 Å². The molecule has 1 N–H and O–H groups in total. The van der Waals surface area contributed by atoms with Crippen molar-refractivity contribution in [1.82, 2.24) is 10.2 Å². The predicted octanol–water partition coefficient (Wildman–Crippen LogP) is 3.80. The Hall–Kier alpha value is -0.860. The lowest BCUT2D eigenvalue weighted by Gasteiger charge is -2.34. The van der Waals surface area contributed by atoms with Crippen LogP contribution in [0.25, 0.3) is 0 Å². The summed E-state index contributed by atoms with van der Waals surface area (Å²) >= 11 is 0. The largest absolute Gasteiger partial charge is 0.317 e. The average Bonchev–Trinajstić information content (AvgIpc) is 2.47. The van der Waals surface area contributed by atoms with Crippen LogP contribution in [0.5, 0.6) is 0 Å². The molecule has 1 atom stereocenters. The van der Waals surface area contributed by atoms with E-state index in [0.29, 0.717) is 6.04 Å². The van der Waals surface area contributed by atoms with Gasteiger partial charge in [0.05, 0.1) is 0 Å². The molecule has 1 aliphatic heterocycles. The molecule has 1 aromatic carbocycles. The molecule has 1 aliphatic rings.